The van der Waals surface area contributed by atoms with Crippen LogP contribution in [-0.4, -0.2) is 19.9 Å². The molecule has 7 rings (SSSR count). The minimum absolute atomic E-state index is 0.367. The largest absolute Gasteiger partial charge is 0.360 e. The number of nitrogens with zero attached hydrogens (tertiary/aromatic N) is 2. The number of nitriles is 2. The van der Waals surface area contributed by atoms with Crippen molar-refractivity contribution in [3.8, 4) is 12.1 Å². The van der Waals surface area contributed by atoms with E-state index in [-0.39, 0.29) is 10.8 Å². The number of rotatable bonds is 2. The molecule has 1 aliphatic heterocycles. The predicted octanol–water partition coefficient (Wildman–Crippen LogP) is 8.42. The molecule has 6 nitrogen and oxygen atoms in total. The van der Waals surface area contributed by atoms with E-state index in [2.05, 4.69) is 146 Å². The van der Waals surface area contributed by atoms with Gasteiger partial charge in [-0.25, -0.2) is 0 Å². The van der Waals surface area contributed by atoms with E-state index in [4.69, 9.17) is 0 Å². The van der Waals surface area contributed by atoms with Gasteiger partial charge in [-0.15, -0.1) is 0 Å². The zero-order valence-corrected chi connectivity index (χ0v) is 27.1. The molecule has 0 saturated carbocycles. The van der Waals surface area contributed by atoms with Crippen LogP contribution in [0.25, 0.3) is 0 Å². The second-order valence-electron chi connectivity index (χ2n) is 14.0. The van der Waals surface area contributed by atoms with Crippen molar-refractivity contribution >= 4 is 0 Å². The molecule has 4 N–H and O–H groups in total. The van der Waals surface area contributed by atoms with Crippen molar-refractivity contribution in [2.45, 2.75) is 63.2 Å². The Morgan fingerprint density at radius 3 is 0.848 bits per heavy atom. The second kappa shape index (κ2) is 10.0. The fourth-order valence-electron chi connectivity index (χ4n) is 7.16. The van der Waals surface area contributed by atoms with Crippen LogP contribution in [-0.2, 0) is 21.7 Å². The van der Waals surface area contributed by atoms with Gasteiger partial charge in [-0.1, -0.05) is 24.3 Å². The van der Waals surface area contributed by atoms with Crippen molar-refractivity contribution < 1.29 is 0 Å². The van der Waals surface area contributed by atoms with Gasteiger partial charge in [0.05, 0.1) is 34.1 Å². The lowest BCUT2D eigenvalue weighted by molar-refractivity contribution is 0.563. The highest BCUT2D eigenvalue weighted by Crippen LogP contribution is 2.44. The van der Waals surface area contributed by atoms with Crippen molar-refractivity contribution in [2.75, 3.05) is 0 Å². The molecule has 46 heavy (non-hydrogen) atoms. The number of nitrogens with one attached hydrogen (secondary N) is 4. The van der Waals surface area contributed by atoms with Crippen LogP contribution < -0.4 is 0 Å². The standard InChI is InChI=1S/C40H38N6/c1-37(2)29-15-19-33(43-29)39(5,27-11-7-25(23-41)8-12-27)35-21-17-31(45-35)38(3,4)32-18-22-36(46-32)40(6,34-20-16-30(37)44-34)28-13-9-26(24-42)10-14-28/h7-22,43-46H,1-6H3. The third-order valence-electron chi connectivity index (χ3n) is 10.8. The molecule has 2 aromatic carbocycles. The van der Waals surface area contributed by atoms with Crippen LogP contribution in [0, 0.1) is 22.7 Å². The van der Waals surface area contributed by atoms with Gasteiger partial charge in [0.25, 0.3) is 0 Å². The molecule has 0 saturated heterocycles. The van der Waals surface area contributed by atoms with Gasteiger partial charge in [-0.05, 0) is 125 Å². The van der Waals surface area contributed by atoms with Gasteiger partial charge < -0.3 is 19.9 Å². The third-order valence-corrected chi connectivity index (χ3v) is 10.8. The van der Waals surface area contributed by atoms with Crippen molar-refractivity contribution in [3.63, 3.8) is 0 Å². The SMILES string of the molecule is CC1(C)c2ccc([nH]2)C(C)(c2ccc(C#N)cc2)c2ccc([nH]2)C(C)(C)c2ccc([nH]2)C(C)(c2ccc(C#N)cc2)c2ccc1[nH]2. The first-order chi connectivity index (χ1) is 21.9. The maximum atomic E-state index is 9.49. The smallest absolute Gasteiger partial charge is 0.0991 e. The summed E-state index contributed by atoms with van der Waals surface area (Å²) in [5.41, 5.74) is 10.3. The molecule has 0 spiro atoms. The first kappa shape index (κ1) is 29.3. The highest BCUT2D eigenvalue weighted by atomic mass is 14.9. The second-order valence-corrected chi connectivity index (χ2v) is 14.0. The van der Waals surface area contributed by atoms with Crippen LogP contribution >= 0.6 is 0 Å². The van der Waals surface area contributed by atoms with Crippen LogP contribution in [0.4, 0.5) is 0 Å². The van der Waals surface area contributed by atoms with E-state index in [1.165, 1.54) is 0 Å². The Morgan fingerprint density at radius 1 is 0.370 bits per heavy atom. The highest BCUT2D eigenvalue weighted by molar-refractivity contribution is 5.52. The molecular weight excluding hydrogens is 564 g/mol. The van der Waals surface area contributed by atoms with E-state index in [1.807, 2.05) is 24.3 Å². The molecule has 5 heterocycles. The minimum Gasteiger partial charge on any atom is -0.360 e. The first-order valence-corrected chi connectivity index (χ1v) is 15.7. The highest BCUT2D eigenvalue weighted by Gasteiger charge is 2.40. The number of fused-ring (bicyclic) bond motifs is 8. The van der Waals surface area contributed by atoms with Gasteiger partial charge >= 0.3 is 0 Å². The van der Waals surface area contributed by atoms with Crippen molar-refractivity contribution in [1.29, 1.82) is 10.5 Å². The molecule has 0 atom stereocenters. The van der Waals surface area contributed by atoms with E-state index in [0.29, 0.717) is 11.1 Å². The van der Waals surface area contributed by atoms with E-state index >= 15 is 0 Å². The summed E-state index contributed by atoms with van der Waals surface area (Å²) >= 11 is 0. The first-order valence-electron chi connectivity index (χ1n) is 15.7. The van der Waals surface area contributed by atoms with Gasteiger partial charge in [-0.2, -0.15) is 10.5 Å². The summed E-state index contributed by atoms with van der Waals surface area (Å²) in [7, 11) is 0. The van der Waals surface area contributed by atoms with Gasteiger partial charge in [-0.3, -0.25) is 0 Å². The molecular formula is C40H38N6. The fourth-order valence-corrected chi connectivity index (χ4v) is 7.16. The van der Waals surface area contributed by atoms with Crippen LogP contribution in [0.2, 0.25) is 0 Å². The number of aromatic amines is 4. The zero-order valence-electron chi connectivity index (χ0n) is 27.1. The molecule has 1 aliphatic rings. The van der Waals surface area contributed by atoms with Crippen molar-refractivity contribution in [3.05, 3.63) is 165 Å². The molecule has 6 aromatic rings. The van der Waals surface area contributed by atoms with Crippen molar-refractivity contribution in [1.82, 2.24) is 19.9 Å². The number of hydrogen-bond donors (Lipinski definition) is 4. The lowest BCUT2D eigenvalue weighted by Gasteiger charge is -2.32. The lowest BCUT2D eigenvalue weighted by atomic mass is 9.76. The molecule has 6 heteroatoms. The Hall–Kier alpha value is -5.46. The molecule has 0 aliphatic carbocycles. The van der Waals surface area contributed by atoms with Crippen LogP contribution in [0.5, 0.6) is 0 Å². The number of hydrogen-bond acceptors (Lipinski definition) is 2. The van der Waals surface area contributed by atoms with Crippen LogP contribution in [0.3, 0.4) is 0 Å². The van der Waals surface area contributed by atoms with E-state index in [1.54, 1.807) is 0 Å². The zero-order chi connectivity index (χ0) is 32.5. The molecule has 0 radical (unpaired) electrons. The normalized spacial score (nSPS) is 21.3. The summed E-state index contributed by atoms with van der Waals surface area (Å²) in [6.07, 6.45) is 0. The molecule has 4 aromatic heterocycles. The van der Waals surface area contributed by atoms with E-state index in [9.17, 15) is 10.5 Å². The van der Waals surface area contributed by atoms with Gasteiger partial charge in [0, 0.05) is 56.4 Å². The van der Waals surface area contributed by atoms with Gasteiger partial charge in [0.15, 0.2) is 0 Å². The van der Waals surface area contributed by atoms with E-state index in [0.717, 1.165) is 56.7 Å². The Labute approximate surface area is 270 Å². The molecule has 8 bridgehead atoms. The summed E-state index contributed by atoms with van der Waals surface area (Å²) in [6.45, 7) is 13.4. The lowest BCUT2D eigenvalue weighted by Crippen LogP contribution is -2.29. The number of aromatic nitrogens is 4. The Balaban J connectivity index is 1.48. The summed E-state index contributed by atoms with van der Waals surface area (Å²) < 4.78 is 0. The third kappa shape index (κ3) is 4.14. The minimum atomic E-state index is -0.538. The fraction of sp³-hybridized carbons (Fsp3) is 0.250. The topological polar surface area (TPSA) is 111 Å². The number of H-pyrrole nitrogens is 4. The summed E-state index contributed by atoms with van der Waals surface area (Å²) in [4.78, 5) is 15.4. The number of benzene rings is 2. The molecule has 0 unspecified atom stereocenters. The average Bonchev–Trinajstić information content (AvgIpc) is 3.90. The summed E-state index contributed by atoms with van der Waals surface area (Å²) in [5.74, 6) is 0. The van der Waals surface area contributed by atoms with Crippen molar-refractivity contribution in [2.24, 2.45) is 0 Å². The van der Waals surface area contributed by atoms with Gasteiger partial charge in [0.2, 0.25) is 0 Å². The summed E-state index contributed by atoms with van der Waals surface area (Å²) in [5, 5.41) is 19.0. The molecule has 228 valence electrons. The molecule has 0 amide bonds. The van der Waals surface area contributed by atoms with Crippen LogP contribution in [0.15, 0.2) is 97.1 Å². The Morgan fingerprint density at radius 2 is 0.609 bits per heavy atom. The predicted molar refractivity (Wildman–Crippen MR) is 181 cm³/mol. The van der Waals surface area contributed by atoms with E-state index < -0.39 is 10.8 Å². The quantitative estimate of drug-likeness (QED) is 0.160. The maximum Gasteiger partial charge on any atom is 0.0991 e. The Bertz CT molecular complexity index is 1900. The van der Waals surface area contributed by atoms with Gasteiger partial charge in [0.1, 0.15) is 0 Å². The summed E-state index contributed by atoms with van der Waals surface area (Å²) in [6, 6.07) is 37.9. The maximum absolute atomic E-state index is 9.49. The Kier molecular flexibility index (Phi) is 6.38. The van der Waals surface area contributed by atoms with Crippen LogP contribution in [0.1, 0.15) is 109 Å². The molecule has 0 fully saturated rings. The monoisotopic (exact) mass is 602 g/mol. The average molecular weight is 603 g/mol.